The summed E-state index contributed by atoms with van der Waals surface area (Å²) in [7, 11) is -2.02. The summed E-state index contributed by atoms with van der Waals surface area (Å²) in [5, 5.41) is 0. The van der Waals surface area contributed by atoms with Gasteiger partial charge in [-0.1, -0.05) is 17.7 Å². The average Bonchev–Trinajstić information content (AvgIpc) is 3.08. The monoisotopic (exact) mass is 347 g/mol. The Hall–Kier alpha value is -2.05. The highest BCUT2D eigenvalue weighted by molar-refractivity contribution is 7.92. The Morgan fingerprint density at radius 3 is 2.33 bits per heavy atom. The van der Waals surface area contributed by atoms with E-state index in [0.717, 1.165) is 24.3 Å². The number of rotatable bonds is 5. The lowest BCUT2D eigenvalue weighted by atomic mass is 10.2. The van der Waals surface area contributed by atoms with Gasteiger partial charge in [-0.15, -0.1) is 0 Å². The minimum atomic E-state index is -3.57. The van der Waals surface area contributed by atoms with E-state index in [0.29, 0.717) is 12.3 Å². The van der Waals surface area contributed by atoms with Crippen LogP contribution in [-0.4, -0.2) is 34.8 Å². The standard InChI is InChI=1S/C18H21NO4S/c1-14-3-9-18(10-4-14)24(20,21)19(2)15-5-7-16(8-6-15)23-17-11-12-22-13-17/h3-10,17H,11-13H2,1-2H3. The number of hydrogen-bond donors (Lipinski definition) is 0. The molecule has 0 spiro atoms. The van der Waals surface area contributed by atoms with Crippen molar-refractivity contribution in [2.75, 3.05) is 24.6 Å². The molecule has 6 heteroatoms. The fraction of sp³-hybridized carbons (Fsp3) is 0.333. The first-order valence-corrected chi connectivity index (χ1v) is 9.31. The zero-order chi connectivity index (χ0) is 17.2. The molecule has 1 unspecified atom stereocenters. The molecule has 3 rings (SSSR count). The molecule has 0 aliphatic carbocycles. The molecule has 1 saturated heterocycles. The van der Waals surface area contributed by atoms with Crippen LogP contribution in [0.25, 0.3) is 0 Å². The molecule has 1 heterocycles. The Bertz CT molecular complexity index is 779. The van der Waals surface area contributed by atoms with Crippen molar-refractivity contribution in [2.24, 2.45) is 0 Å². The molecule has 1 aliphatic heterocycles. The van der Waals surface area contributed by atoms with Gasteiger partial charge in [0.25, 0.3) is 10.0 Å². The summed E-state index contributed by atoms with van der Waals surface area (Å²) in [5.74, 6) is 0.718. The van der Waals surface area contributed by atoms with Crippen molar-refractivity contribution < 1.29 is 17.9 Å². The number of hydrogen-bond acceptors (Lipinski definition) is 4. The Balaban J connectivity index is 1.76. The Kier molecular flexibility index (Phi) is 4.78. The van der Waals surface area contributed by atoms with E-state index in [1.807, 2.05) is 6.92 Å². The van der Waals surface area contributed by atoms with Crippen LogP contribution in [0.15, 0.2) is 53.4 Å². The summed E-state index contributed by atoms with van der Waals surface area (Å²) in [6.45, 7) is 3.25. The second-order valence-electron chi connectivity index (χ2n) is 5.88. The van der Waals surface area contributed by atoms with Crippen molar-refractivity contribution in [3.8, 4) is 5.75 Å². The Labute approximate surface area is 142 Å². The zero-order valence-electron chi connectivity index (χ0n) is 13.8. The van der Waals surface area contributed by atoms with Crippen LogP contribution < -0.4 is 9.04 Å². The van der Waals surface area contributed by atoms with Gasteiger partial charge in [0.2, 0.25) is 0 Å². The predicted octanol–water partition coefficient (Wildman–Crippen LogP) is 2.99. The van der Waals surface area contributed by atoms with Crippen molar-refractivity contribution in [1.29, 1.82) is 0 Å². The molecule has 2 aromatic rings. The lowest BCUT2D eigenvalue weighted by Gasteiger charge is -2.20. The number of anilines is 1. The molecule has 0 saturated carbocycles. The molecular formula is C18H21NO4S. The molecule has 24 heavy (non-hydrogen) atoms. The van der Waals surface area contributed by atoms with Gasteiger partial charge in [0.15, 0.2) is 0 Å². The lowest BCUT2D eigenvalue weighted by molar-refractivity contribution is 0.141. The summed E-state index contributed by atoms with van der Waals surface area (Å²) in [6.07, 6.45) is 0.952. The fourth-order valence-corrected chi connectivity index (χ4v) is 3.74. The first-order chi connectivity index (χ1) is 11.5. The quantitative estimate of drug-likeness (QED) is 0.834. The maximum Gasteiger partial charge on any atom is 0.264 e. The van der Waals surface area contributed by atoms with Gasteiger partial charge in [-0.25, -0.2) is 8.42 Å². The van der Waals surface area contributed by atoms with E-state index in [1.165, 1.54) is 4.31 Å². The van der Waals surface area contributed by atoms with Gasteiger partial charge in [0, 0.05) is 13.5 Å². The number of ether oxygens (including phenoxy) is 2. The van der Waals surface area contributed by atoms with E-state index >= 15 is 0 Å². The van der Waals surface area contributed by atoms with Crippen LogP contribution >= 0.6 is 0 Å². The summed E-state index contributed by atoms with van der Waals surface area (Å²) in [6, 6.07) is 13.9. The fourth-order valence-electron chi connectivity index (χ4n) is 2.54. The normalized spacial score (nSPS) is 17.7. The van der Waals surface area contributed by atoms with Gasteiger partial charge in [-0.3, -0.25) is 4.31 Å². The maximum atomic E-state index is 12.7. The van der Waals surface area contributed by atoms with Crippen molar-refractivity contribution >= 4 is 15.7 Å². The third-order valence-electron chi connectivity index (χ3n) is 4.07. The third-order valence-corrected chi connectivity index (χ3v) is 5.87. The summed E-state index contributed by atoms with van der Waals surface area (Å²) in [4.78, 5) is 0.277. The molecule has 0 aromatic heterocycles. The van der Waals surface area contributed by atoms with Crippen LogP contribution in [-0.2, 0) is 14.8 Å². The second-order valence-corrected chi connectivity index (χ2v) is 7.85. The van der Waals surface area contributed by atoms with Crippen LogP contribution in [0.3, 0.4) is 0 Å². The summed E-state index contributed by atoms with van der Waals surface area (Å²) >= 11 is 0. The Morgan fingerprint density at radius 2 is 1.75 bits per heavy atom. The van der Waals surface area contributed by atoms with E-state index in [1.54, 1.807) is 55.6 Å². The molecule has 5 nitrogen and oxygen atoms in total. The zero-order valence-corrected chi connectivity index (χ0v) is 14.6. The first-order valence-electron chi connectivity index (χ1n) is 7.87. The van der Waals surface area contributed by atoms with Crippen LogP contribution in [0.2, 0.25) is 0 Å². The highest BCUT2D eigenvalue weighted by Crippen LogP contribution is 2.25. The van der Waals surface area contributed by atoms with Crippen LogP contribution in [0.1, 0.15) is 12.0 Å². The van der Waals surface area contributed by atoms with Gasteiger partial charge in [0.05, 0.1) is 23.8 Å². The van der Waals surface area contributed by atoms with Crippen molar-refractivity contribution in [3.63, 3.8) is 0 Å². The van der Waals surface area contributed by atoms with Gasteiger partial charge < -0.3 is 9.47 Å². The minimum absolute atomic E-state index is 0.0740. The maximum absolute atomic E-state index is 12.7. The summed E-state index contributed by atoms with van der Waals surface area (Å²) < 4.78 is 37.7. The molecule has 0 bridgehead atoms. The minimum Gasteiger partial charge on any atom is -0.488 e. The molecular weight excluding hydrogens is 326 g/mol. The largest absolute Gasteiger partial charge is 0.488 e. The highest BCUT2D eigenvalue weighted by atomic mass is 32.2. The number of sulfonamides is 1. The molecule has 1 atom stereocenters. The van der Waals surface area contributed by atoms with Crippen molar-refractivity contribution in [2.45, 2.75) is 24.3 Å². The topological polar surface area (TPSA) is 55.8 Å². The van der Waals surface area contributed by atoms with E-state index in [-0.39, 0.29) is 11.0 Å². The van der Waals surface area contributed by atoms with Crippen molar-refractivity contribution in [3.05, 3.63) is 54.1 Å². The van der Waals surface area contributed by atoms with Crippen LogP contribution in [0.5, 0.6) is 5.75 Å². The van der Waals surface area contributed by atoms with Crippen LogP contribution in [0, 0.1) is 6.92 Å². The molecule has 0 N–H and O–H groups in total. The third kappa shape index (κ3) is 3.55. The van der Waals surface area contributed by atoms with Crippen LogP contribution in [0.4, 0.5) is 5.69 Å². The van der Waals surface area contributed by atoms with E-state index < -0.39 is 10.0 Å². The highest BCUT2D eigenvalue weighted by Gasteiger charge is 2.21. The predicted molar refractivity (Wildman–Crippen MR) is 93.1 cm³/mol. The van der Waals surface area contributed by atoms with Gasteiger partial charge in [0.1, 0.15) is 11.9 Å². The molecule has 128 valence electrons. The number of nitrogens with zero attached hydrogens (tertiary/aromatic N) is 1. The molecule has 1 fully saturated rings. The Morgan fingerprint density at radius 1 is 1.08 bits per heavy atom. The first kappa shape index (κ1) is 16.8. The van der Waals surface area contributed by atoms with E-state index in [2.05, 4.69) is 0 Å². The summed E-state index contributed by atoms with van der Waals surface area (Å²) in [5.41, 5.74) is 1.61. The van der Waals surface area contributed by atoms with Crippen molar-refractivity contribution in [1.82, 2.24) is 0 Å². The SMILES string of the molecule is Cc1ccc(S(=O)(=O)N(C)c2ccc(OC3CCOC3)cc2)cc1. The smallest absolute Gasteiger partial charge is 0.264 e. The molecule has 1 aliphatic rings. The second kappa shape index (κ2) is 6.83. The van der Waals surface area contributed by atoms with E-state index in [9.17, 15) is 8.42 Å². The van der Waals surface area contributed by atoms with E-state index in [4.69, 9.17) is 9.47 Å². The number of benzene rings is 2. The van der Waals surface area contributed by atoms with Gasteiger partial charge in [-0.2, -0.15) is 0 Å². The average molecular weight is 347 g/mol. The number of aryl methyl sites for hydroxylation is 1. The molecule has 2 aromatic carbocycles. The molecule has 0 amide bonds. The molecule has 0 radical (unpaired) electrons. The lowest BCUT2D eigenvalue weighted by Crippen LogP contribution is -2.26. The van der Waals surface area contributed by atoms with Gasteiger partial charge >= 0.3 is 0 Å². The van der Waals surface area contributed by atoms with Gasteiger partial charge in [-0.05, 0) is 43.3 Å².